The summed E-state index contributed by atoms with van der Waals surface area (Å²) < 4.78 is 0. The SMILES string of the molecule is CCC[C@H]1C(=O)Nc2ccccc2N1C(=O)c1ccc(N(C)Cc2ccccc2)nc1. The predicted octanol–water partition coefficient (Wildman–Crippen LogP) is 4.49. The first-order valence-corrected chi connectivity index (χ1v) is 10.5. The van der Waals surface area contributed by atoms with E-state index in [-0.39, 0.29) is 11.8 Å². The third-order valence-corrected chi connectivity index (χ3v) is 5.47. The molecule has 0 radical (unpaired) electrons. The summed E-state index contributed by atoms with van der Waals surface area (Å²) in [7, 11) is 1.97. The number of hydrogen-bond acceptors (Lipinski definition) is 4. The average Bonchev–Trinajstić information content (AvgIpc) is 2.80. The largest absolute Gasteiger partial charge is 0.355 e. The maximum absolute atomic E-state index is 13.5. The van der Waals surface area contributed by atoms with Crippen molar-refractivity contribution in [1.29, 1.82) is 0 Å². The topological polar surface area (TPSA) is 65.5 Å². The summed E-state index contributed by atoms with van der Waals surface area (Å²) in [6, 6.07) is 20.7. The number of pyridine rings is 1. The highest BCUT2D eigenvalue weighted by Crippen LogP contribution is 2.34. The maximum atomic E-state index is 13.5. The molecule has 158 valence electrons. The summed E-state index contributed by atoms with van der Waals surface area (Å²) in [5.41, 5.74) is 3.02. The number of amides is 2. The van der Waals surface area contributed by atoms with Crippen LogP contribution in [0.2, 0.25) is 0 Å². The molecule has 1 aliphatic heterocycles. The number of anilines is 3. The number of nitrogens with one attached hydrogen (secondary N) is 1. The molecule has 31 heavy (non-hydrogen) atoms. The van der Waals surface area contributed by atoms with Gasteiger partial charge in [0.1, 0.15) is 11.9 Å². The molecule has 0 spiro atoms. The lowest BCUT2D eigenvalue weighted by molar-refractivity contribution is -0.117. The first-order valence-electron chi connectivity index (χ1n) is 10.5. The molecule has 0 saturated heterocycles. The lowest BCUT2D eigenvalue weighted by Gasteiger charge is -2.36. The molecule has 1 aromatic heterocycles. The van der Waals surface area contributed by atoms with E-state index in [0.29, 0.717) is 17.7 Å². The highest BCUT2D eigenvalue weighted by atomic mass is 16.2. The van der Waals surface area contributed by atoms with Gasteiger partial charge in [0.25, 0.3) is 5.91 Å². The van der Waals surface area contributed by atoms with E-state index >= 15 is 0 Å². The zero-order chi connectivity index (χ0) is 21.8. The summed E-state index contributed by atoms with van der Waals surface area (Å²) in [4.78, 5) is 34.3. The number of carbonyl (C=O) groups excluding carboxylic acids is 2. The predicted molar refractivity (Wildman–Crippen MR) is 123 cm³/mol. The first kappa shape index (κ1) is 20.6. The smallest absolute Gasteiger partial charge is 0.260 e. The van der Waals surface area contributed by atoms with Crippen LogP contribution in [-0.4, -0.2) is 29.9 Å². The second-order valence-corrected chi connectivity index (χ2v) is 7.73. The van der Waals surface area contributed by atoms with Crippen LogP contribution in [0.1, 0.15) is 35.7 Å². The van der Waals surface area contributed by atoms with Gasteiger partial charge in [-0.15, -0.1) is 0 Å². The molecule has 4 rings (SSSR count). The Morgan fingerprint density at radius 3 is 2.52 bits per heavy atom. The molecule has 2 heterocycles. The van der Waals surface area contributed by atoms with Crippen LogP contribution in [0.5, 0.6) is 0 Å². The Bertz CT molecular complexity index is 1070. The van der Waals surface area contributed by atoms with E-state index in [1.165, 1.54) is 5.56 Å². The van der Waals surface area contributed by atoms with Crippen molar-refractivity contribution in [2.45, 2.75) is 32.4 Å². The van der Waals surface area contributed by atoms with E-state index in [1.807, 2.05) is 67.4 Å². The van der Waals surface area contributed by atoms with Crippen molar-refractivity contribution >= 4 is 29.0 Å². The van der Waals surface area contributed by atoms with Crippen LogP contribution in [-0.2, 0) is 11.3 Å². The molecular weight excluding hydrogens is 388 g/mol. The number of rotatable bonds is 6. The van der Waals surface area contributed by atoms with Crippen molar-refractivity contribution in [2.75, 3.05) is 22.2 Å². The van der Waals surface area contributed by atoms with Gasteiger partial charge in [-0.25, -0.2) is 4.98 Å². The second kappa shape index (κ2) is 9.00. The zero-order valence-corrected chi connectivity index (χ0v) is 17.8. The third kappa shape index (κ3) is 4.28. The van der Waals surface area contributed by atoms with Crippen LogP contribution in [0.15, 0.2) is 72.9 Å². The van der Waals surface area contributed by atoms with Gasteiger partial charge in [0.2, 0.25) is 5.91 Å². The number of aromatic nitrogens is 1. The number of para-hydroxylation sites is 2. The fraction of sp³-hybridized carbons (Fsp3) is 0.240. The normalized spacial score (nSPS) is 15.2. The average molecular weight is 415 g/mol. The lowest BCUT2D eigenvalue weighted by atomic mass is 10.0. The van der Waals surface area contributed by atoms with Crippen molar-refractivity contribution < 1.29 is 9.59 Å². The van der Waals surface area contributed by atoms with E-state index in [0.717, 1.165) is 24.5 Å². The number of carbonyl (C=O) groups is 2. The van der Waals surface area contributed by atoms with Crippen LogP contribution in [0, 0.1) is 0 Å². The molecule has 6 heteroatoms. The summed E-state index contributed by atoms with van der Waals surface area (Å²) in [5.74, 6) is 0.411. The van der Waals surface area contributed by atoms with Gasteiger partial charge in [0, 0.05) is 19.8 Å². The van der Waals surface area contributed by atoms with Crippen molar-refractivity contribution in [3.8, 4) is 0 Å². The molecule has 0 aliphatic carbocycles. The third-order valence-electron chi connectivity index (χ3n) is 5.47. The van der Waals surface area contributed by atoms with Crippen LogP contribution >= 0.6 is 0 Å². The molecule has 6 nitrogen and oxygen atoms in total. The molecule has 1 aliphatic rings. The highest BCUT2D eigenvalue weighted by molar-refractivity contribution is 6.16. The molecule has 1 atom stereocenters. The quantitative estimate of drug-likeness (QED) is 0.646. The van der Waals surface area contributed by atoms with Crippen molar-refractivity contribution in [3.63, 3.8) is 0 Å². The van der Waals surface area contributed by atoms with E-state index in [4.69, 9.17) is 0 Å². The number of hydrogen-bond donors (Lipinski definition) is 1. The minimum Gasteiger partial charge on any atom is -0.355 e. The Morgan fingerprint density at radius 1 is 1.06 bits per heavy atom. The van der Waals surface area contributed by atoms with Crippen molar-refractivity contribution in [1.82, 2.24) is 4.98 Å². The van der Waals surface area contributed by atoms with Gasteiger partial charge in [0.05, 0.1) is 16.9 Å². The number of benzene rings is 2. The van der Waals surface area contributed by atoms with Gasteiger partial charge in [0.15, 0.2) is 0 Å². The summed E-state index contributed by atoms with van der Waals surface area (Å²) >= 11 is 0. The van der Waals surface area contributed by atoms with E-state index < -0.39 is 6.04 Å². The fourth-order valence-electron chi connectivity index (χ4n) is 3.89. The number of nitrogens with zero attached hydrogens (tertiary/aromatic N) is 3. The van der Waals surface area contributed by atoms with Gasteiger partial charge in [-0.1, -0.05) is 55.8 Å². The van der Waals surface area contributed by atoms with E-state index in [9.17, 15) is 9.59 Å². The summed E-state index contributed by atoms with van der Waals surface area (Å²) in [6.07, 6.45) is 2.99. The molecule has 0 saturated carbocycles. The molecule has 1 N–H and O–H groups in total. The molecule has 3 aromatic rings. The Hall–Kier alpha value is -3.67. The summed E-state index contributed by atoms with van der Waals surface area (Å²) in [5, 5.41) is 2.92. The molecule has 2 aromatic carbocycles. The highest BCUT2D eigenvalue weighted by Gasteiger charge is 2.36. The fourth-order valence-corrected chi connectivity index (χ4v) is 3.89. The first-order chi connectivity index (χ1) is 15.1. The summed E-state index contributed by atoms with van der Waals surface area (Å²) in [6.45, 7) is 2.73. The van der Waals surface area contributed by atoms with Gasteiger partial charge in [-0.05, 0) is 36.2 Å². The van der Waals surface area contributed by atoms with Gasteiger partial charge in [-0.2, -0.15) is 0 Å². The molecular formula is C25H26N4O2. The second-order valence-electron chi connectivity index (χ2n) is 7.73. The lowest BCUT2D eigenvalue weighted by Crippen LogP contribution is -2.51. The monoisotopic (exact) mass is 414 g/mol. The molecule has 0 unspecified atom stereocenters. The zero-order valence-electron chi connectivity index (χ0n) is 17.8. The van der Waals surface area contributed by atoms with Gasteiger partial charge >= 0.3 is 0 Å². The van der Waals surface area contributed by atoms with Crippen LogP contribution < -0.4 is 15.1 Å². The molecule has 2 amide bonds. The Morgan fingerprint density at radius 2 is 1.81 bits per heavy atom. The Balaban J connectivity index is 1.58. The Labute approximate surface area is 182 Å². The van der Waals surface area contributed by atoms with Crippen LogP contribution in [0.3, 0.4) is 0 Å². The molecule has 0 bridgehead atoms. The van der Waals surface area contributed by atoms with Crippen molar-refractivity contribution in [3.05, 3.63) is 84.1 Å². The molecule has 0 fully saturated rings. The maximum Gasteiger partial charge on any atom is 0.260 e. The van der Waals surface area contributed by atoms with E-state index in [1.54, 1.807) is 17.2 Å². The minimum absolute atomic E-state index is 0.152. The van der Waals surface area contributed by atoms with Crippen LogP contribution in [0.25, 0.3) is 0 Å². The van der Waals surface area contributed by atoms with Crippen LogP contribution in [0.4, 0.5) is 17.2 Å². The van der Waals surface area contributed by atoms with Gasteiger partial charge < -0.3 is 10.2 Å². The Kier molecular flexibility index (Phi) is 5.98. The number of fused-ring (bicyclic) bond motifs is 1. The van der Waals surface area contributed by atoms with Gasteiger partial charge in [-0.3, -0.25) is 14.5 Å². The van der Waals surface area contributed by atoms with E-state index in [2.05, 4.69) is 22.4 Å². The minimum atomic E-state index is -0.534. The standard InChI is InChI=1S/C25H26N4O2/c1-3-9-22-24(30)27-20-12-7-8-13-21(20)29(22)25(31)19-14-15-23(26-16-19)28(2)17-18-10-5-4-6-11-18/h4-8,10-16,22H,3,9,17H2,1-2H3,(H,27,30)/t22-/m0/s1. The van der Waals surface area contributed by atoms with Crippen molar-refractivity contribution in [2.24, 2.45) is 0 Å².